The zero-order valence-corrected chi connectivity index (χ0v) is 13.2. The fourth-order valence-electron chi connectivity index (χ4n) is 2.88. The number of aromatic nitrogens is 2. The van der Waals surface area contributed by atoms with Crippen LogP contribution in [-0.2, 0) is 0 Å². The van der Waals surface area contributed by atoms with Crippen molar-refractivity contribution in [1.29, 1.82) is 5.26 Å². The number of hydrogen-bond acceptors (Lipinski definition) is 4. The smallest absolute Gasteiger partial charge is 0.140 e. The molecule has 2 heterocycles. The van der Waals surface area contributed by atoms with E-state index in [4.69, 9.17) is 5.26 Å². The molecule has 5 nitrogen and oxygen atoms in total. The van der Waals surface area contributed by atoms with Crippen LogP contribution in [-0.4, -0.2) is 15.1 Å². The maximum Gasteiger partial charge on any atom is 0.140 e. The Balaban J connectivity index is 1.73. The summed E-state index contributed by atoms with van der Waals surface area (Å²) < 4.78 is 0. The highest BCUT2D eigenvalue weighted by atomic mass is 16.3. The lowest BCUT2D eigenvalue weighted by molar-refractivity contribution is 0.476. The van der Waals surface area contributed by atoms with E-state index in [-0.39, 0.29) is 5.75 Å². The largest absolute Gasteiger partial charge is 0.508 e. The molecule has 0 atom stereocenters. The molecule has 2 aromatic heterocycles. The van der Waals surface area contributed by atoms with Gasteiger partial charge in [0.2, 0.25) is 0 Å². The molecule has 4 rings (SSSR count). The van der Waals surface area contributed by atoms with Gasteiger partial charge in [-0.25, -0.2) is 4.98 Å². The average molecular weight is 326 g/mol. The molecule has 0 radical (unpaired) electrons. The lowest BCUT2D eigenvalue weighted by Gasteiger charge is -2.10. The van der Waals surface area contributed by atoms with Gasteiger partial charge in [-0.15, -0.1) is 0 Å². The molecule has 5 heteroatoms. The summed E-state index contributed by atoms with van der Waals surface area (Å²) in [5.74, 6) is 0.175. The second-order valence-corrected chi connectivity index (χ2v) is 5.68. The molecular weight excluding hydrogens is 312 g/mol. The molecule has 4 aromatic rings. The average Bonchev–Trinajstić information content (AvgIpc) is 3.10. The van der Waals surface area contributed by atoms with Crippen molar-refractivity contribution >= 4 is 22.3 Å². The minimum absolute atomic E-state index is 0.175. The van der Waals surface area contributed by atoms with E-state index in [0.29, 0.717) is 5.69 Å². The quantitative estimate of drug-likeness (QED) is 0.515. The van der Waals surface area contributed by atoms with Crippen molar-refractivity contribution in [1.82, 2.24) is 9.97 Å². The number of phenols is 1. The number of nitrogens with one attached hydrogen (secondary N) is 2. The van der Waals surface area contributed by atoms with Crippen LogP contribution in [0.2, 0.25) is 0 Å². The van der Waals surface area contributed by atoms with Crippen molar-refractivity contribution in [2.45, 2.75) is 0 Å². The van der Waals surface area contributed by atoms with Crippen molar-refractivity contribution in [2.75, 3.05) is 5.32 Å². The molecule has 0 saturated heterocycles. The Kier molecular flexibility index (Phi) is 3.56. The van der Waals surface area contributed by atoms with Crippen LogP contribution in [0.1, 0.15) is 5.69 Å². The SMILES string of the molecule is N#Cc1ccc(Nc2cc(O)cc(-c3cccc4[nH]ccc34)c2)cn1. The number of H-pyrrole nitrogens is 1. The van der Waals surface area contributed by atoms with Crippen LogP contribution in [0.5, 0.6) is 5.75 Å². The third-order valence-electron chi connectivity index (χ3n) is 3.99. The van der Waals surface area contributed by atoms with E-state index in [9.17, 15) is 5.11 Å². The summed E-state index contributed by atoms with van der Waals surface area (Å²) in [5, 5.41) is 23.3. The van der Waals surface area contributed by atoms with E-state index in [1.807, 2.05) is 42.6 Å². The molecular formula is C20H14N4O. The third kappa shape index (κ3) is 2.89. The van der Waals surface area contributed by atoms with Crippen LogP contribution in [0.25, 0.3) is 22.0 Å². The number of benzene rings is 2. The molecule has 3 N–H and O–H groups in total. The molecule has 0 amide bonds. The van der Waals surface area contributed by atoms with Gasteiger partial charge in [0.05, 0.1) is 11.9 Å². The summed E-state index contributed by atoms with van der Waals surface area (Å²) in [7, 11) is 0. The summed E-state index contributed by atoms with van der Waals surface area (Å²) in [6.45, 7) is 0. The van der Waals surface area contributed by atoms with Gasteiger partial charge in [0.15, 0.2) is 0 Å². The molecule has 25 heavy (non-hydrogen) atoms. The van der Waals surface area contributed by atoms with Gasteiger partial charge in [-0.2, -0.15) is 5.26 Å². The highest BCUT2D eigenvalue weighted by Gasteiger charge is 2.08. The van der Waals surface area contributed by atoms with Crippen molar-refractivity contribution < 1.29 is 5.11 Å². The van der Waals surface area contributed by atoms with E-state index in [1.54, 1.807) is 30.5 Å². The Hall–Kier alpha value is -3.78. The fourth-order valence-corrected chi connectivity index (χ4v) is 2.88. The number of nitrogens with zero attached hydrogens (tertiary/aromatic N) is 2. The Morgan fingerprint density at radius 2 is 1.96 bits per heavy atom. The summed E-state index contributed by atoms with van der Waals surface area (Å²) in [6.07, 6.45) is 3.49. The first-order valence-electron chi connectivity index (χ1n) is 7.77. The van der Waals surface area contributed by atoms with Crippen LogP contribution in [0.15, 0.2) is 67.0 Å². The van der Waals surface area contributed by atoms with Gasteiger partial charge in [0.1, 0.15) is 17.5 Å². The molecule has 0 fully saturated rings. The van der Waals surface area contributed by atoms with Crippen LogP contribution in [0, 0.1) is 11.3 Å². The fraction of sp³-hybridized carbons (Fsp3) is 0. The summed E-state index contributed by atoms with van der Waals surface area (Å²) in [4.78, 5) is 7.24. The Bertz CT molecular complexity index is 1090. The van der Waals surface area contributed by atoms with Gasteiger partial charge < -0.3 is 15.4 Å². The minimum atomic E-state index is 0.175. The van der Waals surface area contributed by atoms with E-state index < -0.39 is 0 Å². The maximum atomic E-state index is 10.1. The second kappa shape index (κ2) is 6.02. The Labute approximate surface area is 144 Å². The zero-order chi connectivity index (χ0) is 17.2. The van der Waals surface area contributed by atoms with Gasteiger partial charge in [-0.1, -0.05) is 12.1 Å². The first kappa shape index (κ1) is 14.8. The number of anilines is 2. The lowest BCUT2D eigenvalue weighted by atomic mass is 10.0. The number of aromatic amines is 1. The number of hydrogen-bond donors (Lipinski definition) is 3. The number of aromatic hydroxyl groups is 1. The molecule has 2 aromatic carbocycles. The molecule has 0 aliphatic rings. The number of phenolic OH excluding ortho intramolecular Hbond substituents is 1. The zero-order valence-electron chi connectivity index (χ0n) is 13.2. The molecule has 0 saturated carbocycles. The molecule has 120 valence electrons. The Morgan fingerprint density at radius 1 is 1.04 bits per heavy atom. The molecule has 0 aliphatic carbocycles. The summed E-state index contributed by atoms with van der Waals surface area (Å²) >= 11 is 0. The first-order valence-corrected chi connectivity index (χ1v) is 7.77. The van der Waals surface area contributed by atoms with Crippen LogP contribution < -0.4 is 5.32 Å². The van der Waals surface area contributed by atoms with Crippen LogP contribution in [0.3, 0.4) is 0 Å². The van der Waals surface area contributed by atoms with Crippen LogP contribution in [0.4, 0.5) is 11.4 Å². The number of nitriles is 1. The highest BCUT2D eigenvalue weighted by molar-refractivity contribution is 5.96. The van der Waals surface area contributed by atoms with Gasteiger partial charge in [0, 0.05) is 28.9 Å². The van der Waals surface area contributed by atoms with Gasteiger partial charge >= 0.3 is 0 Å². The third-order valence-corrected chi connectivity index (χ3v) is 3.99. The minimum Gasteiger partial charge on any atom is -0.508 e. The van der Waals surface area contributed by atoms with Crippen molar-refractivity contribution in [3.63, 3.8) is 0 Å². The van der Waals surface area contributed by atoms with Crippen molar-refractivity contribution in [3.8, 4) is 22.9 Å². The number of fused-ring (bicyclic) bond motifs is 1. The van der Waals surface area contributed by atoms with E-state index in [1.165, 1.54) is 0 Å². The standard InChI is InChI=1S/C20H14N4O/c21-11-14-4-5-15(12-23-14)24-16-8-13(9-17(25)10-16)18-2-1-3-20-19(18)6-7-22-20/h1-10,12,22,24-25H. The van der Waals surface area contributed by atoms with Crippen molar-refractivity contribution in [2.24, 2.45) is 0 Å². The monoisotopic (exact) mass is 326 g/mol. The van der Waals surface area contributed by atoms with E-state index in [2.05, 4.69) is 15.3 Å². The second-order valence-electron chi connectivity index (χ2n) is 5.68. The van der Waals surface area contributed by atoms with E-state index in [0.717, 1.165) is 33.4 Å². The molecule has 0 spiro atoms. The first-order chi connectivity index (χ1) is 12.2. The molecule has 0 bridgehead atoms. The van der Waals surface area contributed by atoms with Gasteiger partial charge in [-0.05, 0) is 47.5 Å². The lowest BCUT2D eigenvalue weighted by Crippen LogP contribution is -1.93. The summed E-state index contributed by atoms with van der Waals surface area (Å²) in [6, 6.07) is 18.8. The maximum absolute atomic E-state index is 10.1. The van der Waals surface area contributed by atoms with Crippen molar-refractivity contribution in [3.05, 3.63) is 72.7 Å². The molecule has 0 unspecified atom stereocenters. The molecule has 0 aliphatic heterocycles. The predicted molar refractivity (Wildman–Crippen MR) is 97.6 cm³/mol. The topological polar surface area (TPSA) is 84.7 Å². The highest BCUT2D eigenvalue weighted by Crippen LogP contribution is 2.33. The summed E-state index contributed by atoms with van der Waals surface area (Å²) in [5.41, 5.74) is 4.85. The van der Waals surface area contributed by atoms with Gasteiger partial charge in [0.25, 0.3) is 0 Å². The Morgan fingerprint density at radius 3 is 2.76 bits per heavy atom. The van der Waals surface area contributed by atoms with Crippen LogP contribution >= 0.6 is 0 Å². The van der Waals surface area contributed by atoms with Gasteiger partial charge in [-0.3, -0.25) is 0 Å². The van der Waals surface area contributed by atoms with E-state index >= 15 is 0 Å². The normalized spacial score (nSPS) is 10.5. The predicted octanol–water partition coefficient (Wildman–Crippen LogP) is 4.55. The number of rotatable bonds is 3. The number of pyridine rings is 1.